The van der Waals surface area contributed by atoms with Crippen molar-refractivity contribution in [1.29, 1.82) is 0 Å². The van der Waals surface area contributed by atoms with Crippen LogP contribution in [-0.4, -0.2) is 46.6 Å². The van der Waals surface area contributed by atoms with Crippen LogP contribution in [0.2, 0.25) is 0 Å². The molecule has 3 N–H and O–H groups in total. The number of rotatable bonds is 5. The highest BCUT2D eigenvalue weighted by Gasteiger charge is 2.47. The van der Waals surface area contributed by atoms with Gasteiger partial charge in [0.05, 0.1) is 11.3 Å². The Hall–Kier alpha value is -4.27. The number of hydrogen-bond acceptors (Lipinski definition) is 6. The SMILES string of the molecule is O=C(O)[C@@H]1C2CCC(CC2)[C@H]1Nc1nc(-c2c[nH]c3ncncc23)nc2c1ccn2-c1ccccc1. The van der Waals surface area contributed by atoms with Crippen molar-refractivity contribution in [3.63, 3.8) is 0 Å². The third-order valence-electron chi connectivity index (χ3n) is 7.98. The molecule has 0 aliphatic heterocycles. The molecule has 0 unspecified atom stereocenters. The molecule has 5 aromatic rings. The Bertz CT molecular complexity index is 1580. The molecular weight excluding hydrogens is 454 g/mol. The lowest BCUT2D eigenvalue weighted by molar-refractivity contribution is -0.148. The van der Waals surface area contributed by atoms with Gasteiger partial charge < -0.3 is 20.0 Å². The number of fused-ring (bicyclic) bond motifs is 5. The second kappa shape index (κ2) is 8.15. The molecule has 36 heavy (non-hydrogen) atoms. The number of hydrogen-bond donors (Lipinski definition) is 3. The number of nitrogens with zero attached hydrogens (tertiary/aromatic N) is 5. The predicted octanol–water partition coefficient (Wildman–Crippen LogP) is 4.66. The third-order valence-corrected chi connectivity index (χ3v) is 7.98. The summed E-state index contributed by atoms with van der Waals surface area (Å²) in [6.45, 7) is 0. The van der Waals surface area contributed by atoms with Gasteiger partial charge in [0.25, 0.3) is 0 Å². The molecule has 1 aromatic carbocycles. The van der Waals surface area contributed by atoms with Crippen LogP contribution in [0.15, 0.2) is 61.3 Å². The third kappa shape index (κ3) is 3.26. The average Bonchev–Trinajstić information content (AvgIpc) is 3.54. The maximum atomic E-state index is 12.3. The van der Waals surface area contributed by atoms with Gasteiger partial charge in [-0.25, -0.2) is 19.9 Å². The Morgan fingerprint density at radius 3 is 2.64 bits per heavy atom. The minimum atomic E-state index is -0.719. The van der Waals surface area contributed by atoms with E-state index in [-0.39, 0.29) is 12.0 Å². The highest BCUT2D eigenvalue weighted by Crippen LogP contribution is 2.47. The van der Waals surface area contributed by atoms with Gasteiger partial charge in [-0.1, -0.05) is 18.2 Å². The van der Waals surface area contributed by atoms with E-state index < -0.39 is 11.9 Å². The van der Waals surface area contributed by atoms with Crippen LogP contribution in [-0.2, 0) is 4.79 Å². The fourth-order valence-electron chi connectivity index (χ4n) is 6.26. The second-order valence-electron chi connectivity index (χ2n) is 9.85. The van der Waals surface area contributed by atoms with Crippen LogP contribution in [0.5, 0.6) is 0 Å². The van der Waals surface area contributed by atoms with E-state index in [0.717, 1.165) is 53.4 Å². The smallest absolute Gasteiger partial charge is 0.308 e. The molecule has 3 aliphatic carbocycles. The van der Waals surface area contributed by atoms with E-state index in [4.69, 9.17) is 9.97 Å². The molecule has 4 heterocycles. The zero-order valence-electron chi connectivity index (χ0n) is 19.5. The van der Waals surface area contributed by atoms with Crippen LogP contribution in [0.4, 0.5) is 5.82 Å². The summed E-state index contributed by atoms with van der Waals surface area (Å²) in [5.41, 5.74) is 3.27. The van der Waals surface area contributed by atoms with Gasteiger partial charge in [-0.3, -0.25) is 4.79 Å². The molecule has 2 atom stereocenters. The van der Waals surface area contributed by atoms with Crippen molar-refractivity contribution >= 4 is 33.9 Å². The number of aromatic nitrogens is 6. The maximum Gasteiger partial charge on any atom is 0.308 e. The first-order valence-corrected chi connectivity index (χ1v) is 12.4. The second-order valence-corrected chi connectivity index (χ2v) is 9.85. The van der Waals surface area contributed by atoms with E-state index >= 15 is 0 Å². The first-order chi connectivity index (χ1) is 17.7. The molecule has 4 aromatic heterocycles. The molecule has 0 radical (unpaired) electrons. The van der Waals surface area contributed by atoms with Crippen LogP contribution in [0.3, 0.4) is 0 Å². The van der Waals surface area contributed by atoms with Gasteiger partial charge in [-0.2, -0.15) is 0 Å². The number of benzene rings is 1. The van der Waals surface area contributed by atoms with Crippen molar-refractivity contribution in [2.75, 3.05) is 5.32 Å². The molecule has 3 fully saturated rings. The molecule has 0 amide bonds. The normalized spacial score (nSPS) is 23.3. The summed E-state index contributed by atoms with van der Waals surface area (Å²) < 4.78 is 2.04. The van der Waals surface area contributed by atoms with Crippen molar-refractivity contribution in [1.82, 2.24) is 29.5 Å². The molecule has 3 aliphatic rings. The highest BCUT2D eigenvalue weighted by molar-refractivity contribution is 5.95. The number of aliphatic carboxylic acids is 1. The quantitative estimate of drug-likeness (QED) is 0.335. The van der Waals surface area contributed by atoms with Gasteiger partial charge in [-0.15, -0.1) is 0 Å². The number of carbonyl (C=O) groups is 1. The summed E-state index contributed by atoms with van der Waals surface area (Å²) in [6, 6.07) is 11.9. The standard InChI is InChI=1S/C27H25N7O2/c35-27(36)21-15-6-8-16(9-7-15)22(21)31-24-18-10-11-34(17-4-2-1-3-5-17)26(18)33-25(32-24)20-13-29-23-19(20)12-28-14-30-23/h1-5,10-16,21-22H,6-9H2,(H,35,36)(H,28,29,30)(H,31,32,33)/t15?,16?,21-,22-/m1/s1. The number of carboxylic acids is 1. The zero-order chi connectivity index (χ0) is 24.2. The first kappa shape index (κ1) is 21.0. The van der Waals surface area contributed by atoms with Crippen molar-refractivity contribution in [2.45, 2.75) is 31.7 Å². The van der Waals surface area contributed by atoms with E-state index in [1.54, 1.807) is 6.20 Å². The van der Waals surface area contributed by atoms with Gasteiger partial charge in [-0.05, 0) is 55.7 Å². The van der Waals surface area contributed by atoms with Gasteiger partial charge >= 0.3 is 5.97 Å². The predicted molar refractivity (Wildman–Crippen MR) is 136 cm³/mol. The van der Waals surface area contributed by atoms with Crippen molar-refractivity contribution in [3.05, 3.63) is 61.3 Å². The number of nitrogens with one attached hydrogen (secondary N) is 2. The Morgan fingerprint density at radius 2 is 1.83 bits per heavy atom. The lowest BCUT2D eigenvalue weighted by atomic mass is 9.61. The van der Waals surface area contributed by atoms with E-state index in [2.05, 4.69) is 20.3 Å². The van der Waals surface area contributed by atoms with E-state index in [0.29, 0.717) is 23.2 Å². The lowest BCUT2D eigenvalue weighted by Crippen LogP contribution is -2.51. The fourth-order valence-corrected chi connectivity index (χ4v) is 6.26. The Labute approximate surface area is 206 Å². The lowest BCUT2D eigenvalue weighted by Gasteiger charge is -2.47. The number of anilines is 1. The minimum Gasteiger partial charge on any atom is -0.481 e. The monoisotopic (exact) mass is 479 g/mol. The summed E-state index contributed by atoms with van der Waals surface area (Å²) >= 11 is 0. The summed E-state index contributed by atoms with van der Waals surface area (Å²) in [7, 11) is 0. The molecule has 2 bridgehead atoms. The molecule has 9 heteroatoms. The van der Waals surface area contributed by atoms with Gasteiger partial charge in [0, 0.05) is 41.3 Å². The fraction of sp³-hybridized carbons (Fsp3) is 0.296. The van der Waals surface area contributed by atoms with E-state index in [1.165, 1.54) is 6.33 Å². The average molecular weight is 480 g/mol. The van der Waals surface area contributed by atoms with Gasteiger partial charge in [0.2, 0.25) is 0 Å². The van der Waals surface area contributed by atoms with E-state index in [1.807, 2.05) is 53.4 Å². The largest absolute Gasteiger partial charge is 0.481 e. The van der Waals surface area contributed by atoms with Gasteiger partial charge in [0.1, 0.15) is 17.8 Å². The number of para-hydroxylation sites is 1. The Kier molecular flexibility index (Phi) is 4.77. The first-order valence-electron chi connectivity index (χ1n) is 12.4. The topological polar surface area (TPSA) is 122 Å². The summed E-state index contributed by atoms with van der Waals surface area (Å²) in [4.78, 5) is 33.9. The molecule has 0 spiro atoms. The molecule has 8 rings (SSSR count). The molecule has 0 saturated heterocycles. The van der Waals surface area contributed by atoms with Crippen LogP contribution in [0.1, 0.15) is 25.7 Å². The Balaban J connectivity index is 1.41. The maximum absolute atomic E-state index is 12.3. The molecule has 180 valence electrons. The number of carboxylic acid groups (broad SMARTS) is 1. The summed E-state index contributed by atoms with van der Waals surface area (Å²) in [5.74, 6) is 0.602. The molecule has 3 saturated carbocycles. The Morgan fingerprint density at radius 1 is 1.03 bits per heavy atom. The van der Waals surface area contributed by atoms with Crippen molar-refractivity contribution in [2.24, 2.45) is 17.8 Å². The van der Waals surface area contributed by atoms with Crippen LogP contribution in [0.25, 0.3) is 39.1 Å². The molecular formula is C27H25N7O2. The zero-order valence-corrected chi connectivity index (χ0v) is 19.5. The van der Waals surface area contributed by atoms with Crippen LogP contribution < -0.4 is 5.32 Å². The van der Waals surface area contributed by atoms with E-state index in [9.17, 15) is 9.90 Å². The van der Waals surface area contributed by atoms with Crippen molar-refractivity contribution in [3.8, 4) is 17.1 Å². The number of aromatic amines is 1. The van der Waals surface area contributed by atoms with Crippen LogP contribution in [0, 0.1) is 17.8 Å². The van der Waals surface area contributed by atoms with Crippen molar-refractivity contribution < 1.29 is 9.90 Å². The minimum absolute atomic E-state index is 0.160. The highest BCUT2D eigenvalue weighted by atomic mass is 16.4. The summed E-state index contributed by atoms with van der Waals surface area (Å²) in [6.07, 6.45) is 11.2. The van der Waals surface area contributed by atoms with Crippen LogP contribution >= 0.6 is 0 Å². The van der Waals surface area contributed by atoms with Gasteiger partial charge in [0.15, 0.2) is 11.5 Å². The molecule has 9 nitrogen and oxygen atoms in total. The summed E-state index contributed by atoms with van der Waals surface area (Å²) in [5, 5.41) is 15.4. The number of H-pyrrole nitrogens is 1.